The summed E-state index contributed by atoms with van der Waals surface area (Å²) in [5.74, 6) is 1.16. The van der Waals surface area contributed by atoms with Gasteiger partial charge in [0.1, 0.15) is 0 Å². The van der Waals surface area contributed by atoms with Crippen molar-refractivity contribution in [3.63, 3.8) is 0 Å². The van der Waals surface area contributed by atoms with E-state index >= 15 is 0 Å². The number of nitrogens with zero attached hydrogens (tertiary/aromatic N) is 3. The van der Waals surface area contributed by atoms with Crippen LogP contribution in [0.2, 0.25) is 0 Å². The molecule has 0 aliphatic carbocycles. The Kier molecular flexibility index (Phi) is 3.89. The fraction of sp³-hybridized carbons (Fsp3) is 0.286. The highest BCUT2D eigenvalue weighted by molar-refractivity contribution is 5.56. The second kappa shape index (κ2) is 5.60. The molecule has 0 radical (unpaired) electrons. The van der Waals surface area contributed by atoms with Gasteiger partial charge in [0.25, 0.3) is 5.89 Å². The van der Waals surface area contributed by atoms with E-state index in [1.807, 2.05) is 25.1 Å². The predicted molar refractivity (Wildman–Crippen MR) is 71.8 cm³/mol. The van der Waals surface area contributed by atoms with E-state index in [9.17, 15) is 0 Å². The molecule has 0 N–H and O–H groups in total. The Morgan fingerprint density at radius 1 is 1.22 bits per heavy atom. The number of hydrogen-bond acceptors (Lipinski definition) is 4. The van der Waals surface area contributed by atoms with Crippen LogP contribution in [0.4, 0.5) is 0 Å². The lowest BCUT2D eigenvalue weighted by Crippen LogP contribution is -2.10. The summed E-state index contributed by atoms with van der Waals surface area (Å²) >= 11 is 0. The highest BCUT2D eigenvalue weighted by Crippen LogP contribution is 2.17. The van der Waals surface area contributed by atoms with Gasteiger partial charge in [-0.1, -0.05) is 35.5 Å². The largest absolute Gasteiger partial charge is 0.334 e. The predicted octanol–water partition coefficient (Wildman–Crippen LogP) is 2.83. The van der Waals surface area contributed by atoms with E-state index in [-0.39, 0.29) is 0 Å². The Labute approximate surface area is 107 Å². The molecule has 0 fully saturated rings. The van der Waals surface area contributed by atoms with Crippen LogP contribution in [-0.2, 0) is 6.54 Å². The highest BCUT2D eigenvalue weighted by Gasteiger charge is 2.06. The second-order valence-corrected chi connectivity index (χ2v) is 4.39. The molecule has 0 aliphatic heterocycles. The van der Waals surface area contributed by atoms with Crippen molar-refractivity contribution in [2.45, 2.75) is 13.5 Å². The molecule has 1 heterocycles. The van der Waals surface area contributed by atoms with E-state index in [4.69, 9.17) is 4.52 Å². The minimum absolute atomic E-state index is 0.532. The molecule has 4 nitrogen and oxygen atoms in total. The van der Waals surface area contributed by atoms with Crippen molar-refractivity contribution in [1.29, 1.82) is 0 Å². The third kappa shape index (κ3) is 3.05. The van der Waals surface area contributed by atoms with Crippen molar-refractivity contribution < 1.29 is 4.52 Å². The maximum Gasteiger partial charge on any atom is 0.250 e. The molecule has 94 valence electrons. The lowest BCUT2D eigenvalue weighted by molar-refractivity contribution is 0.402. The maximum atomic E-state index is 5.10. The summed E-state index contributed by atoms with van der Waals surface area (Å²) < 4.78 is 5.10. The number of hydrogen-bond donors (Lipinski definition) is 0. The molecule has 2 rings (SSSR count). The first-order chi connectivity index (χ1) is 8.69. The SMILES string of the molecule is C/C=C/c1nc(-c2ccc(CN(C)C)cc2)no1. The minimum atomic E-state index is 0.532. The molecule has 0 saturated heterocycles. The number of aromatic nitrogens is 2. The van der Waals surface area contributed by atoms with Crippen molar-refractivity contribution in [1.82, 2.24) is 15.0 Å². The van der Waals surface area contributed by atoms with Crippen LogP contribution in [0, 0.1) is 0 Å². The first-order valence-corrected chi connectivity index (χ1v) is 5.89. The third-order valence-corrected chi connectivity index (χ3v) is 2.46. The summed E-state index contributed by atoms with van der Waals surface area (Å²) in [7, 11) is 4.10. The van der Waals surface area contributed by atoms with E-state index in [0.29, 0.717) is 11.7 Å². The van der Waals surface area contributed by atoms with Crippen molar-refractivity contribution in [3.05, 3.63) is 41.8 Å². The van der Waals surface area contributed by atoms with Crippen LogP contribution in [0.5, 0.6) is 0 Å². The van der Waals surface area contributed by atoms with Gasteiger partial charge in [0, 0.05) is 12.1 Å². The van der Waals surface area contributed by atoms with Gasteiger partial charge in [0.2, 0.25) is 5.82 Å². The van der Waals surface area contributed by atoms with Gasteiger partial charge in [0.05, 0.1) is 0 Å². The monoisotopic (exact) mass is 243 g/mol. The van der Waals surface area contributed by atoms with Gasteiger partial charge in [-0.15, -0.1) is 0 Å². The van der Waals surface area contributed by atoms with Gasteiger partial charge < -0.3 is 9.42 Å². The van der Waals surface area contributed by atoms with E-state index in [1.54, 1.807) is 6.08 Å². The van der Waals surface area contributed by atoms with Gasteiger partial charge >= 0.3 is 0 Å². The zero-order chi connectivity index (χ0) is 13.0. The number of benzene rings is 1. The summed E-state index contributed by atoms with van der Waals surface area (Å²) in [4.78, 5) is 6.42. The molecule has 1 aromatic carbocycles. The average Bonchev–Trinajstić information content (AvgIpc) is 2.78. The molecular formula is C14H17N3O. The first-order valence-electron chi connectivity index (χ1n) is 5.89. The van der Waals surface area contributed by atoms with Crippen LogP contribution in [0.25, 0.3) is 17.5 Å². The molecule has 0 aliphatic rings. The van der Waals surface area contributed by atoms with Crippen molar-refractivity contribution in [2.75, 3.05) is 14.1 Å². The molecule has 18 heavy (non-hydrogen) atoms. The molecule has 4 heteroatoms. The van der Waals surface area contributed by atoms with Crippen LogP contribution in [0.1, 0.15) is 18.4 Å². The molecule has 1 aromatic heterocycles. The molecule has 0 saturated carbocycles. The second-order valence-electron chi connectivity index (χ2n) is 4.39. The lowest BCUT2D eigenvalue weighted by Gasteiger charge is -2.09. The van der Waals surface area contributed by atoms with Crippen LogP contribution < -0.4 is 0 Å². The average molecular weight is 243 g/mol. The van der Waals surface area contributed by atoms with Crippen LogP contribution in [0.15, 0.2) is 34.9 Å². The minimum Gasteiger partial charge on any atom is -0.334 e. The highest BCUT2D eigenvalue weighted by atomic mass is 16.5. The summed E-state index contributed by atoms with van der Waals surface area (Å²) in [6.45, 7) is 2.84. The Morgan fingerprint density at radius 3 is 2.56 bits per heavy atom. The molecule has 0 bridgehead atoms. The van der Waals surface area contributed by atoms with Crippen LogP contribution in [0.3, 0.4) is 0 Å². The quantitative estimate of drug-likeness (QED) is 0.828. The number of rotatable bonds is 4. The van der Waals surface area contributed by atoms with Gasteiger partial charge in [-0.3, -0.25) is 0 Å². The van der Waals surface area contributed by atoms with Crippen molar-refractivity contribution in [2.24, 2.45) is 0 Å². The van der Waals surface area contributed by atoms with Crippen LogP contribution in [-0.4, -0.2) is 29.1 Å². The summed E-state index contributed by atoms with van der Waals surface area (Å²) in [6.07, 6.45) is 3.66. The fourth-order valence-corrected chi connectivity index (χ4v) is 1.69. The maximum absolute atomic E-state index is 5.10. The number of allylic oxidation sites excluding steroid dienone is 1. The smallest absolute Gasteiger partial charge is 0.250 e. The molecule has 0 atom stereocenters. The van der Waals surface area contributed by atoms with E-state index in [0.717, 1.165) is 12.1 Å². The Hall–Kier alpha value is -1.94. The summed E-state index contributed by atoms with van der Waals surface area (Å²) in [5, 5.41) is 3.95. The van der Waals surface area contributed by atoms with E-state index in [2.05, 4.69) is 41.3 Å². The lowest BCUT2D eigenvalue weighted by atomic mass is 10.1. The fourth-order valence-electron chi connectivity index (χ4n) is 1.69. The zero-order valence-corrected chi connectivity index (χ0v) is 10.9. The Balaban J connectivity index is 2.17. The zero-order valence-electron chi connectivity index (χ0n) is 10.9. The van der Waals surface area contributed by atoms with Gasteiger partial charge in [-0.25, -0.2) is 0 Å². The normalized spacial score (nSPS) is 11.6. The first kappa shape index (κ1) is 12.5. The third-order valence-electron chi connectivity index (χ3n) is 2.46. The summed E-state index contributed by atoms with van der Waals surface area (Å²) in [6, 6.07) is 8.20. The van der Waals surface area contributed by atoms with Gasteiger partial charge in [-0.05, 0) is 32.7 Å². The van der Waals surface area contributed by atoms with Gasteiger partial charge in [-0.2, -0.15) is 4.98 Å². The van der Waals surface area contributed by atoms with E-state index in [1.165, 1.54) is 5.56 Å². The van der Waals surface area contributed by atoms with Crippen molar-refractivity contribution in [3.8, 4) is 11.4 Å². The molecule has 0 unspecified atom stereocenters. The Morgan fingerprint density at radius 2 is 1.94 bits per heavy atom. The van der Waals surface area contributed by atoms with Crippen molar-refractivity contribution >= 4 is 6.08 Å². The molecule has 0 spiro atoms. The molecule has 2 aromatic rings. The van der Waals surface area contributed by atoms with Crippen LogP contribution >= 0.6 is 0 Å². The summed E-state index contributed by atoms with van der Waals surface area (Å²) in [5.41, 5.74) is 2.23. The van der Waals surface area contributed by atoms with Gasteiger partial charge in [0.15, 0.2) is 0 Å². The van der Waals surface area contributed by atoms with E-state index < -0.39 is 0 Å². The Bertz CT molecular complexity index is 526. The topological polar surface area (TPSA) is 42.2 Å². The molecular weight excluding hydrogens is 226 g/mol. The standard InChI is InChI=1S/C14H17N3O/c1-4-5-13-15-14(16-18-13)12-8-6-11(7-9-12)10-17(2)3/h4-9H,10H2,1-3H3/b5-4+. The molecule has 0 amide bonds.